The number of benzene rings is 2. The molecule has 2 aromatic carbocycles. The molecule has 132 valence electrons. The molecule has 1 fully saturated rings. The van der Waals surface area contributed by atoms with Gasteiger partial charge >= 0.3 is 0 Å². The highest BCUT2D eigenvalue weighted by atomic mass is 16.5. The fourth-order valence-electron chi connectivity index (χ4n) is 3.00. The van der Waals surface area contributed by atoms with Crippen LogP contribution in [0.4, 0.5) is 17.1 Å². The molecule has 0 saturated carbocycles. The first-order valence-electron chi connectivity index (χ1n) is 8.77. The SMILES string of the molecule is COc1ccc(NC(=O)CNc2ccc(N3CCCCC3)cc2)cc1. The monoisotopic (exact) mass is 339 g/mol. The number of ether oxygens (including phenoxy) is 1. The maximum absolute atomic E-state index is 12.0. The summed E-state index contributed by atoms with van der Waals surface area (Å²) in [5.74, 6) is 0.690. The number of hydrogen-bond acceptors (Lipinski definition) is 4. The second kappa shape index (κ2) is 8.42. The van der Waals surface area contributed by atoms with Crippen molar-refractivity contribution in [3.63, 3.8) is 0 Å². The van der Waals surface area contributed by atoms with Crippen molar-refractivity contribution >= 4 is 23.0 Å². The molecule has 5 heteroatoms. The standard InChI is InChI=1S/C20H25N3O2/c1-25-19-11-7-17(8-12-19)22-20(24)15-21-16-5-9-18(10-6-16)23-13-3-2-4-14-23/h5-12,21H,2-4,13-15H2,1H3,(H,22,24). The summed E-state index contributed by atoms with van der Waals surface area (Å²) in [6, 6.07) is 15.6. The number of carbonyl (C=O) groups excluding carboxylic acids is 1. The Morgan fingerprint density at radius 2 is 1.60 bits per heavy atom. The molecule has 0 aromatic heterocycles. The molecule has 3 rings (SSSR count). The second-order valence-electron chi connectivity index (χ2n) is 6.22. The van der Waals surface area contributed by atoms with Crippen LogP contribution in [0, 0.1) is 0 Å². The maximum atomic E-state index is 12.0. The lowest BCUT2D eigenvalue weighted by atomic mass is 10.1. The molecule has 1 aliphatic rings. The first-order chi connectivity index (χ1) is 12.2. The fourth-order valence-corrected chi connectivity index (χ4v) is 3.00. The van der Waals surface area contributed by atoms with Crippen molar-refractivity contribution in [3.8, 4) is 5.75 Å². The van der Waals surface area contributed by atoms with Gasteiger partial charge in [0.15, 0.2) is 0 Å². The van der Waals surface area contributed by atoms with Gasteiger partial charge in [-0.3, -0.25) is 4.79 Å². The van der Waals surface area contributed by atoms with E-state index in [2.05, 4.69) is 27.7 Å². The van der Waals surface area contributed by atoms with E-state index < -0.39 is 0 Å². The zero-order valence-corrected chi connectivity index (χ0v) is 14.6. The molecule has 0 atom stereocenters. The van der Waals surface area contributed by atoms with Gasteiger partial charge in [-0.2, -0.15) is 0 Å². The van der Waals surface area contributed by atoms with Crippen LogP contribution in [0.5, 0.6) is 5.75 Å². The number of hydrogen-bond donors (Lipinski definition) is 2. The lowest BCUT2D eigenvalue weighted by Gasteiger charge is -2.28. The average molecular weight is 339 g/mol. The van der Waals surface area contributed by atoms with E-state index in [4.69, 9.17) is 4.74 Å². The second-order valence-corrected chi connectivity index (χ2v) is 6.22. The summed E-state index contributed by atoms with van der Waals surface area (Å²) < 4.78 is 5.10. The minimum Gasteiger partial charge on any atom is -0.497 e. The third-order valence-corrected chi connectivity index (χ3v) is 4.42. The number of rotatable bonds is 6. The third kappa shape index (κ3) is 4.89. The highest BCUT2D eigenvalue weighted by Crippen LogP contribution is 2.21. The Balaban J connectivity index is 1.47. The van der Waals surface area contributed by atoms with Crippen molar-refractivity contribution in [2.75, 3.05) is 42.3 Å². The van der Waals surface area contributed by atoms with E-state index in [9.17, 15) is 4.79 Å². The molecule has 0 spiro atoms. The Bertz CT molecular complexity index is 677. The van der Waals surface area contributed by atoms with Gasteiger partial charge in [-0.15, -0.1) is 0 Å². The largest absolute Gasteiger partial charge is 0.497 e. The number of anilines is 3. The highest BCUT2D eigenvalue weighted by molar-refractivity contribution is 5.93. The van der Waals surface area contributed by atoms with Crippen molar-refractivity contribution < 1.29 is 9.53 Å². The quantitative estimate of drug-likeness (QED) is 0.842. The number of nitrogens with one attached hydrogen (secondary N) is 2. The van der Waals surface area contributed by atoms with Crippen LogP contribution < -0.4 is 20.3 Å². The van der Waals surface area contributed by atoms with E-state index in [-0.39, 0.29) is 12.5 Å². The number of methoxy groups -OCH3 is 1. The van der Waals surface area contributed by atoms with E-state index >= 15 is 0 Å². The zero-order chi connectivity index (χ0) is 17.5. The van der Waals surface area contributed by atoms with Crippen LogP contribution >= 0.6 is 0 Å². The van der Waals surface area contributed by atoms with Gasteiger partial charge in [-0.1, -0.05) is 0 Å². The van der Waals surface area contributed by atoms with Gasteiger partial charge in [0.25, 0.3) is 0 Å². The van der Waals surface area contributed by atoms with Crippen molar-refractivity contribution in [1.29, 1.82) is 0 Å². The van der Waals surface area contributed by atoms with E-state index in [0.29, 0.717) is 0 Å². The Labute approximate surface area is 149 Å². The normalized spacial score (nSPS) is 14.0. The molecule has 25 heavy (non-hydrogen) atoms. The summed E-state index contributed by atoms with van der Waals surface area (Å²) in [5, 5.41) is 6.02. The van der Waals surface area contributed by atoms with Crippen LogP contribution in [-0.4, -0.2) is 32.7 Å². The van der Waals surface area contributed by atoms with Crippen molar-refractivity contribution in [3.05, 3.63) is 48.5 Å². The Morgan fingerprint density at radius 3 is 2.24 bits per heavy atom. The summed E-state index contributed by atoms with van der Waals surface area (Å²) in [6.07, 6.45) is 3.87. The number of nitrogens with zero attached hydrogens (tertiary/aromatic N) is 1. The molecule has 1 saturated heterocycles. The van der Waals surface area contributed by atoms with Gasteiger partial charge in [0, 0.05) is 30.2 Å². The molecule has 1 amide bonds. The third-order valence-electron chi connectivity index (χ3n) is 4.42. The molecule has 1 aliphatic heterocycles. The Kier molecular flexibility index (Phi) is 5.77. The topological polar surface area (TPSA) is 53.6 Å². The lowest BCUT2D eigenvalue weighted by Crippen LogP contribution is -2.29. The summed E-state index contributed by atoms with van der Waals surface area (Å²) in [5.41, 5.74) is 2.96. The summed E-state index contributed by atoms with van der Waals surface area (Å²) >= 11 is 0. The van der Waals surface area contributed by atoms with E-state index in [1.54, 1.807) is 7.11 Å². The molecule has 1 heterocycles. The minimum absolute atomic E-state index is 0.0785. The van der Waals surface area contributed by atoms with Gasteiger partial charge in [-0.05, 0) is 67.8 Å². The van der Waals surface area contributed by atoms with Crippen molar-refractivity contribution in [2.45, 2.75) is 19.3 Å². The first kappa shape index (κ1) is 17.1. The minimum atomic E-state index is -0.0785. The molecule has 0 unspecified atom stereocenters. The molecule has 0 radical (unpaired) electrons. The smallest absolute Gasteiger partial charge is 0.243 e. The average Bonchev–Trinajstić information content (AvgIpc) is 2.68. The van der Waals surface area contributed by atoms with E-state index in [0.717, 1.165) is 30.2 Å². The molecule has 2 aromatic rings. The van der Waals surface area contributed by atoms with Crippen LogP contribution in [0.15, 0.2) is 48.5 Å². The molecule has 0 bridgehead atoms. The predicted molar refractivity (Wildman–Crippen MR) is 103 cm³/mol. The van der Waals surface area contributed by atoms with Gasteiger partial charge < -0.3 is 20.3 Å². The first-order valence-corrected chi connectivity index (χ1v) is 8.77. The predicted octanol–water partition coefficient (Wildman–Crippen LogP) is 3.74. The maximum Gasteiger partial charge on any atom is 0.243 e. The van der Waals surface area contributed by atoms with Crippen LogP contribution in [0.3, 0.4) is 0 Å². The Hall–Kier alpha value is -2.69. The Morgan fingerprint density at radius 1 is 0.960 bits per heavy atom. The summed E-state index contributed by atoms with van der Waals surface area (Å²) in [4.78, 5) is 14.5. The highest BCUT2D eigenvalue weighted by Gasteiger charge is 2.10. The van der Waals surface area contributed by atoms with Crippen LogP contribution in [0.2, 0.25) is 0 Å². The fraction of sp³-hybridized carbons (Fsp3) is 0.350. The number of amides is 1. The number of piperidine rings is 1. The van der Waals surface area contributed by atoms with Crippen molar-refractivity contribution in [2.24, 2.45) is 0 Å². The van der Waals surface area contributed by atoms with Crippen LogP contribution in [-0.2, 0) is 4.79 Å². The van der Waals surface area contributed by atoms with E-state index in [1.165, 1.54) is 24.9 Å². The van der Waals surface area contributed by atoms with Gasteiger partial charge in [-0.25, -0.2) is 0 Å². The van der Waals surface area contributed by atoms with Crippen LogP contribution in [0.1, 0.15) is 19.3 Å². The van der Waals surface area contributed by atoms with Gasteiger partial charge in [0.05, 0.1) is 13.7 Å². The zero-order valence-electron chi connectivity index (χ0n) is 14.6. The van der Waals surface area contributed by atoms with Crippen LogP contribution in [0.25, 0.3) is 0 Å². The molecule has 2 N–H and O–H groups in total. The summed E-state index contributed by atoms with van der Waals surface area (Å²) in [7, 11) is 1.62. The molecular weight excluding hydrogens is 314 g/mol. The molecular formula is C20H25N3O2. The van der Waals surface area contributed by atoms with Gasteiger partial charge in [0.2, 0.25) is 5.91 Å². The molecule has 5 nitrogen and oxygen atoms in total. The van der Waals surface area contributed by atoms with E-state index in [1.807, 2.05) is 36.4 Å². The lowest BCUT2D eigenvalue weighted by molar-refractivity contribution is -0.114. The van der Waals surface area contributed by atoms with Gasteiger partial charge in [0.1, 0.15) is 5.75 Å². The summed E-state index contributed by atoms with van der Waals surface area (Å²) in [6.45, 7) is 2.50. The van der Waals surface area contributed by atoms with Crippen molar-refractivity contribution in [1.82, 2.24) is 0 Å². The number of carbonyl (C=O) groups is 1. The molecule has 0 aliphatic carbocycles.